The molecule has 0 aliphatic rings. The van der Waals surface area contributed by atoms with Gasteiger partial charge < -0.3 is 5.11 Å². The van der Waals surface area contributed by atoms with E-state index in [1.807, 2.05) is 25.5 Å². The van der Waals surface area contributed by atoms with Gasteiger partial charge in [0.2, 0.25) is 0 Å². The third kappa shape index (κ3) is 2.54. The molecule has 4 nitrogen and oxygen atoms in total. The number of hydrogen-bond acceptors (Lipinski definition) is 3. The maximum absolute atomic E-state index is 9.63. The summed E-state index contributed by atoms with van der Waals surface area (Å²) >= 11 is 0. The zero-order valence-corrected chi connectivity index (χ0v) is 9.14. The second-order valence-electron chi connectivity index (χ2n) is 3.65. The first-order valence-corrected chi connectivity index (χ1v) is 5.23. The van der Waals surface area contributed by atoms with E-state index in [2.05, 4.69) is 10.1 Å². The van der Waals surface area contributed by atoms with Gasteiger partial charge in [0.1, 0.15) is 12.2 Å². The average molecular weight is 197 g/mol. The number of aryl methyl sites for hydroxylation is 1. The van der Waals surface area contributed by atoms with Gasteiger partial charge in [0.05, 0.1) is 6.10 Å². The summed E-state index contributed by atoms with van der Waals surface area (Å²) in [6.45, 7) is 6.91. The van der Waals surface area contributed by atoms with E-state index in [1.54, 1.807) is 6.33 Å². The smallest absolute Gasteiger partial charge is 0.138 e. The molecular formula is C10H19N3O. The van der Waals surface area contributed by atoms with E-state index in [9.17, 15) is 5.11 Å². The molecule has 0 saturated heterocycles. The summed E-state index contributed by atoms with van der Waals surface area (Å²) in [6, 6.07) is 0. The fraction of sp³-hybridized carbons (Fsp3) is 0.800. The Kier molecular flexibility index (Phi) is 4.07. The molecule has 1 rings (SSSR count). The summed E-state index contributed by atoms with van der Waals surface area (Å²) < 4.78 is 1.87. The Morgan fingerprint density at radius 3 is 2.79 bits per heavy atom. The fourth-order valence-electron chi connectivity index (χ4n) is 1.54. The molecule has 0 aromatic carbocycles. The van der Waals surface area contributed by atoms with E-state index in [0.29, 0.717) is 0 Å². The van der Waals surface area contributed by atoms with E-state index in [-0.39, 0.29) is 12.0 Å². The normalized spacial score (nSPS) is 15.4. The van der Waals surface area contributed by atoms with E-state index in [0.717, 1.165) is 25.2 Å². The van der Waals surface area contributed by atoms with Crippen LogP contribution in [-0.4, -0.2) is 26.0 Å². The number of hydrogen-bond donors (Lipinski definition) is 1. The Morgan fingerprint density at radius 2 is 2.21 bits per heavy atom. The van der Waals surface area contributed by atoms with Crippen LogP contribution in [0.15, 0.2) is 6.33 Å². The molecule has 0 aliphatic carbocycles. The van der Waals surface area contributed by atoms with Crippen LogP contribution in [0.1, 0.15) is 33.0 Å². The standard InChI is InChI=1S/C10H19N3O/c1-4-9(14)8(3)6-10-11-7-12-13(10)5-2/h7-9,14H,4-6H2,1-3H3. The van der Waals surface area contributed by atoms with E-state index < -0.39 is 0 Å². The van der Waals surface area contributed by atoms with Crippen molar-refractivity contribution in [2.45, 2.75) is 46.3 Å². The molecule has 1 heterocycles. The summed E-state index contributed by atoms with van der Waals surface area (Å²) in [5, 5.41) is 13.7. The first-order chi connectivity index (χ1) is 6.69. The minimum absolute atomic E-state index is 0.239. The highest BCUT2D eigenvalue weighted by atomic mass is 16.3. The van der Waals surface area contributed by atoms with Crippen molar-refractivity contribution in [2.75, 3.05) is 0 Å². The summed E-state index contributed by atoms with van der Waals surface area (Å²) in [7, 11) is 0. The molecule has 0 fully saturated rings. The summed E-state index contributed by atoms with van der Waals surface area (Å²) in [5.41, 5.74) is 0. The molecule has 0 aliphatic heterocycles. The Labute approximate surface area is 85.0 Å². The van der Waals surface area contributed by atoms with Gasteiger partial charge in [-0.15, -0.1) is 0 Å². The maximum atomic E-state index is 9.63. The highest BCUT2D eigenvalue weighted by molar-refractivity contribution is 4.87. The van der Waals surface area contributed by atoms with Crippen LogP contribution in [0.5, 0.6) is 0 Å². The van der Waals surface area contributed by atoms with Crippen LogP contribution in [-0.2, 0) is 13.0 Å². The first-order valence-electron chi connectivity index (χ1n) is 5.23. The lowest BCUT2D eigenvalue weighted by Crippen LogP contribution is -2.20. The Bertz CT molecular complexity index is 272. The highest BCUT2D eigenvalue weighted by Gasteiger charge is 2.15. The molecule has 0 spiro atoms. The van der Waals surface area contributed by atoms with Gasteiger partial charge in [0.25, 0.3) is 0 Å². The van der Waals surface area contributed by atoms with E-state index in [1.165, 1.54) is 0 Å². The van der Waals surface area contributed by atoms with Gasteiger partial charge in [-0.3, -0.25) is 4.68 Å². The molecule has 0 amide bonds. The van der Waals surface area contributed by atoms with Crippen molar-refractivity contribution in [3.05, 3.63) is 12.2 Å². The fourth-order valence-corrected chi connectivity index (χ4v) is 1.54. The highest BCUT2D eigenvalue weighted by Crippen LogP contribution is 2.12. The predicted molar refractivity (Wildman–Crippen MR) is 54.9 cm³/mol. The zero-order chi connectivity index (χ0) is 10.6. The van der Waals surface area contributed by atoms with Crippen LogP contribution in [0, 0.1) is 5.92 Å². The van der Waals surface area contributed by atoms with E-state index >= 15 is 0 Å². The molecule has 1 aromatic rings. The summed E-state index contributed by atoms with van der Waals surface area (Å²) in [5.74, 6) is 1.21. The molecule has 0 bridgehead atoms. The molecule has 80 valence electrons. The third-order valence-electron chi connectivity index (χ3n) is 2.57. The molecule has 0 saturated carbocycles. The van der Waals surface area contributed by atoms with Crippen LogP contribution in [0.3, 0.4) is 0 Å². The van der Waals surface area contributed by atoms with Gasteiger partial charge in [0, 0.05) is 13.0 Å². The SMILES string of the molecule is CCC(O)C(C)Cc1ncnn1CC. The molecule has 1 N–H and O–H groups in total. The van der Waals surface area contributed by atoms with Crippen LogP contribution in [0.25, 0.3) is 0 Å². The van der Waals surface area contributed by atoms with Crippen molar-refractivity contribution >= 4 is 0 Å². The Hall–Kier alpha value is -0.900. The van der Waals surface area contributed by atoms with Crippen molar-refractivity contribution in [2.24, 2.45) is 5.92 Å². The van der Waals surface area contributed by atoms with Crippen molar-refractivity contribution in [3.63, 3.8) is 0 Å². The lowest BCUT2D eigenvalue weighted by molar-refractivity contribution is 0.111. The monoisotopic (exact) mass is 197 g/mol. The van der Waals surface area contributed by atoms with Crippen LogP contribution in [0.2, 0.25) is 0 Å². The van der Waals surface area contributed by atoms with E-state index in [4.69, 9.17) is 0 Å². The first kappa shape index (κ1) is 11.2. The van der Waals surface area contributed by atoms with Gasteiger partial charge in [-0.1, -0.05) is 13.8 Å². The van der Waals surface area contributed by atoms with Crippen LogP contribution in [0.4, 0.5) is 0 Å². The number of aliphatic hydroxyl groups is 1. The number of aromatic nitrogens is 3. The van der Waals surface area contributed by atoms with Crippen molar-refractivity contribution in [1.29, 1.82) is 0 Å². The molecule has 4 heteroatoms. The predicted octanol–water partition coefficient (Wildman–Crippen LogP) is 1.25. The second kappa shape index (κ2) is 5.10. The number of rotatable bonds is 5. The van der Waals surface area contributed by atoms with Gasteiger partial charge in [0.15, 0.2) is 0 Å². The maximum Gasteiger partial charge on any atom is 0.138 e. The van der Waals surface area contributed by atoms with Crippen molar-refractivity contribution in [1.82, 2.24) is 14.8 Å². The molecule has 1 aromatic heterocycles. The molecule has 0 radical (unpaired) electrons. The van der Waals surface area contributed by atoms with Crippen LogP contribution < -0.4 is 0 Å². The average Bonchev–Trinajstić information content (AvgIpc) is 2.63. The lowest BCUT2D eigenvalue weighted by atomic mass is 9.99. The lowest BCUT2D eigenvalue weighted by Gasteiger charge is -2.16. The van der Waals surface area contributed by atoms with Gasteiger partial charge in [-0.05, 0) is 19.3 Å². The molecule has 14 heavy (non-hydrogen) atoms. The van der Waals surface area contributed by atoms with Gasteiger partial charge in [-0.25, -0.2) is 4.98 Å². The Morgan fingerprint density at radius 1 is 1.50 bits per heavy atom. The summed E-state index contributed by atoms with van der Waals surface area (Å²) in [4.78, 5) is 4.18. The zero-order valence-electron chi connectivity index (χ0n) is 9.14. The number of aliphatic hydroxyl groups excluding tert-OH is 1. The molecule has 2 atom stereocenters. The molecular weight excluding hydrogens is 178 g/mol. The quantitative estimate of drug-likeness (QED) is 0.772. The topological polar surface area (TPSA) is 50.9 Å². The number of nitrogens with zero attached hydrogens (tertiary/aromatic N) is 3. The summed E-state index contributed by atoms with van der Waals surface area (Å²) in [6.07, 6.45) is 2.92. The van der Waals surface area contributed by atoms with Crippen molar-refractivity contribution < 1.29 is 5.11 Å². The largest absolute Gasteiger partial charge is 0.393 e. The van der Waals surface area contributed by atoms with Crippen LogP contribution >= 0.6 is 0 Å². The second-order valence-corrected chi connectivity index (χ2v) is 3.65. The Balaban J connectivity index is 2.59. The molecule has 2 unspecified atom stereocenters. The van der Waals surface area contributed by atoms with Crippen molar-refractivity contribution in [3.8, 4) is 0 Å². The van der Waals surface area contributed by atoms with Gasteiger partial charge >= 0.3 is 0 Å². The minimum Gasteiger partial charge on any atom is -0.393 e. The van der Waals surface area contributed by atoms with Gasteiger partial charge in [-0.2, -0.15) is 5.10 Å². The third-order valence-corrected chi connectivity index (χ3v) is 2.57. The minimum atomic E-state index is -0.239.